The van der Waals surface area contributed by atoms with Crippen molar-refractivity contribution >= 4 is 56.9 Å². The van der Waals surface area contributed by atoms with Gasteiger partial charge in [-0.05, 0) is 78.8 Å². The largest absolute Gasteiger partial charge is 0.416 e. The molecule has 1 unspecified atom stereocenters. The number of hydrogen-bond donors (Lipinski definition) is 4. The lowest BCUT2D eigenvalue weighted by Crippen LogP contribution is -2.57. The van der Waals surface area contributed by atoms with Crippen molar-refractivity contribution in [3.05, 3.63) is 101 Å². The van der Waals surface area contributed by atoms with Crippen molar-refractivity contribution in [1.82, 2.24) is 40.2 Å². The van der Waals surface area contributed by atoms with E-state index in [1.807, 2.05) is 63.7 Å². The highest BCUT2D eigenvalue weighted by Gasteiger charge is 2.44. The minimum atomic E-state index is -4.45. The van der Waals surface area contributed by atoms with Crippen LogP contribution in [0.15, 0.2) is 78.4 Å². The number of aliphatic hydroxyl groups is 1. The second-order valence-corrected chi connectivity index (χ2v) is 19.0. The van der Waals surface area contributed by atoms with Crippen LogP contribution in [0.2, 0.25) is 0 Å². The molecule has 6 aromatic rings. The van der Waals surface area contributed by atoms with Gasteiger partial charge in [-0.15, -0.1) is 11.3 Å². The Morgan fingerprint density at radius 3 is 2.34 bits per heavy atom. The van der Waals surface area contributed by atoms with E-state index in [2.05, 4.69) is 26.0 Å². The van der Waals surface area contributed by atoms with Crippen molar-refractivity contribution in [3.8, 4) is 16.1 Å². The summed E-state index contributed by atoms with van der Waals surface area (Å²) in [6.07, 6.45) is -0.240. The van der Waals surface area contributed by atoms with Crippen LogP contribution in [0.1, 0.15) is 86.5 Å². The predicted molar refractivity (Wildman–Crippen MR) is 250 cm³/mol. The molecule has 3 atom stereocenters. The fourth-order valence-corrected chi connectivity index (χ4v) is 9.20. The van der Waals surface area contributed by atoms with Crippen molar-refractivity contribution < 1.29 is 42.2 Å². The summed E-state index contributed by atoms with van der Waals surface area (Å²) in [7, 11) is 1.75. The highest BCUT2D eigenvalue weighted by Crippen LogP contribution is 2.35. The van der Waals surface area contributed by atoms with Crippen LogP contribution in [0.5, 0.6) is 0 Å². The van der Waals surface area contributed by atoms with Crippen LogP contribution in [-0.2, 0) is 38.9 Å². The Morgan fingerprint density at radius 1 is 0.925 bits per heavy atom. The van der Waals surface area contributed by atoms with Gasteiger partial charge in [0.15, 0.2) is 5.65 Å². The molecule has 7 rings (SSSR count). The summed E-state index contributed by atoms with van der Waals surface area (Å²) >= 11 is 1.57. The van der Waals surface area contributed by atoms with Gasteiger partial charge < -0.3 is 30.7 Å². The second-order valence-electron chi connectivity index (χ2n) is 18.1. The van der Waals surface area contributed by atoms with Crippen molar-refractivity contribution in [2.24, 2.45) is 12.5 Å². The molecule has 1 saturated heterocycles. The van der Waals surface area contributed by atoms with Crippen LogP contribution < -0.4 is 16.0 Å². The number of likely N-dealkylation sites (tertiary alicyclic amines) is 1. The van der Waals surface area contributed by atoms with Crippen molar-refractivity contribution in [2.45, 2.75) is 97.1 Å². The van der Waals surface area contributed by atoms with E-state index in [-0.39, 0.29) is 50.2 Å². The number of alkyl halides is 3. The Morgan fingerprint density at radius 2 is 1.66 bits per heavy atom. The number of nitrogens with zero attached hydrogens (tertiary/aromatic N) is 5. The van der Waals surface area contributed by atoms with Gasteiger partial charge >= 0.3 is 6.18 Å². The number of fused-ring (bicyclic) bond motifs is 3. The number of unbranched alkanes of at least 4 members (excludes halogenated alkanes) is 3. The number of aryl methyl sites for hydroxylation is 2. The van der Waals surface area contributed by atoms with E-state index in [4.69, 9.17) is 4.74 Å². The first-order valence-corrected chi connectivity index (χ1v) is 23.3. The molecule has 1 aliphatic heterocycles. The van der Waals surface area contributed by atoms with Crippen LogP contribution in [0.3, 0.4) is 0 Å². The number of carbonyl (C=O) groups is 4. The Balaban J connectivity index is 0.809. The fraction of sp³-hybridized carbons (Fsp3) is 0.429. The van der Waals surface area contributed by atoms with Gasteiger partial charge in [0, 0.05) is 74.4 Å². The van der Waals surface area contributed by atoms with E-state index in [1.165, 1.54) is 17.0 Å². The number of aromatic nitrogens is 4. The summed E-state index contributed by atoms with van der Waals surface area (Å²) < 4.78 is 48.8. The molecule has 4 heterocycles. The molecular weight excluding hydrogens is 886 g/mol. The smallest absolute Gasteiger partial charge is 0.391 e. The summed E-state index contributed by atoms with van der Waals surface area (Å²) in [6, 6.07) is 16.1. The number of nitrogens with one attached hydrogen (secondary N) is 3. The van der Waals surface area contributed by atoms with Gasteiger partial charge in [-0.3, -0.25) is 28.4 Å². The van der Waals surface area contributed by atoms with E-state index in [1.54, 1.807) is 45.8 Å². The van der Waals surface area contributed by atoms with Gasteiger partial charge in [-0.2, -0.15) is 18.3 Å². The van der Waals surface area contributed by atoms with E-state index in [9.17, 15) is 37.5 Å². The molecule has 1 aliphatic rings. The first-order chi connectivity index (χ1) is 31.9. The minimum Gasteiger partial charge on any atom is -0.391 e. The van der Waals surface area contributed by atoms with Gasteiger partial charge in [0.05, 0.1) is 39.9 Å². The molecule has 0 radical (unpaired) electrons. The number of thiazole rings is 1. The van der Waals surface area contributed by atoms with Crippen LogP contribution in [0.4, 0.5) is 13.2 Å². The zero-order chi connectivity index (χ0) is 48.0. The topological polar surface area (TPSA) is 173 Å². The fourth-order valence-electron chi connectivity index (χ4n) is 8.39. The number of hydrogen-bond acceptors (Lipinski definition) is 9. The quantitative estimate of drug-likeness (QED) is 0.0643. The van der Waals surface area contributed by atoms with Crippen LogP contribution in [0, 0.1) is 12.3 Å². The Bertz CT molecular complexity index is 2710. The average Bonchev–Trinajstić information content (AvgIpc) is 4.07. The molecule has 18 heteroatoms. The number of rotatable bonds is 18. The van der Waals surface area contributed by atoms with E-state index >= 15 is 0 Å². The maximum absolute atomic E-state index is 14.0. The monoisotopic (exact) mass is 942 g/mol. The van der Waals surface area contributed by atoms with Crippen LogP contribution >= 0.6 is 11.3 Å². The Labute approximate surface area is 390 Å². The first-order valence-electron chi connectivity index (χ1n) is 22.5. The second kappa shape index (κ2) is 20.8. The summed E-state index contributed by atoms with van der Waals surface area (Å²) in [5, 5.41) is 25.3. The summed E-state index contributed by atoms with van der Waals surface area (Å²) in [4.78, 5) is 60.5. The summed E-state index contributed by atoms with van der Waals surface area (Å²) in [5.74, 6) is -1.33. The molecule has 0 bridgehead atoms. The van der Waals surface area contributed by atoms with Gasteiger partial charge in [0.1, 0.15) is 12.1 Å². The number of benzene rings is 3. The lowest BCUT2D eigenvalue weighted by Gasteiger charge is -2.35. The maximum Gasteiger partial charge on any atom is 0.416 e. The van der Waals surface area contributed by atoms with Crippen LogP contribution in [-0.4, -0.2) is 97.5 Å². The molecule has 67 heavy (non-hydrogen) atoms. The maximum atomic E-state index is 14.0. The number of halogens is 3. The number of carbonyl (C=O) groups excluding carboxylic acids is 4. The normalized spacial score (nSPS) is 15.9. The number of β-amino-alcohol motifs (C(OH)–C–C–N with tert-alkyl or cyclic N) is 1. The Kier molecular flexibility index (Phi) is 15.2. The molecule has 0 spiro atoms. The molecular formula is C49H57F3N8O6S. The van der Waals surface area contributed by atoms with Gasteiger partial charge in [0.25, 0.3) is 5.91 Å². The van der Waals surface area contributed by atoms with Gasteiger partial charge in [-0.25, -0.2) is 4.98 Å². The van der Waals surface area contributed by atoms with E-state index < -0.39 is 41.2 Å². The Hall–Kier alpha value is -6.11. The summed E-state index contributed by atoms with van der Waals surface area (Å²) in [5.41, 5.74) is 5.49. The predicted octanol–water partition coefficient (Wildman–Crippen LogP) is 7.47. The van der Waals surface area contributed by atoms with Crippen LogP contribution in [0.25, 0.3) is 38.1 Å². The lowest BCUT2D eigenvalue weighted by atomic mass is 9.85. The molecule has 4 amide bonds. The zero-order valence-electron chi connectivity index (χ0n) is 38.3. The number of amides is 4. The minimum absolute atomic E-state index is 0.00279. The highest BCUT2D eigenvalue weighted by atomic mass is 32.1. The molecule has 0 aliphatic carbocycles. The summed E-state index contributed by atoms with van der Waals surface area (Å²) in [6.45, 7) is 8.84. The standard InChI is InChI=1S/C49H57F3N8O6S/c1-30-42(67-29-55-30)32-13-11-31(12-14-32)26-54-46(64)40-25-36(61)27-59(40)47(65)43(48(2,3)4)56-41(62)10-8-6-7-9-22-66-23-21-53-45(63)33-15-20-39-37(24-33)38-28-58(5)57-44(38)60(39)35-18-16-34(17-19-35)49(50,51)52/h11-20,24,28-29,36,40,43,61H,6-10,21-23,25-27H2,1-5H3,(H,53,63)(H,54,64)(H,56,62)/t36-,40+,43?/m0/s1. The lowest BCUT2D eigenvalue weighted by molar-refractivity contribution is -0.144. The first kappa shape index (κ1) is 48.8. The van der Waals surface area contributed by atoms with Crippen molar-refractivity contribution in [2.75, 3.05) is 26.3 Å². The molecule has 1 fully saturated rings. The molecule has 356 valence electrons. The molecule has 3 aromatic heterocycles. The SMILES string of the molecule is Cc1ncsc1-c1ccc(CNC(=O)[C@H]2C[C@H](O)CN2C(=O)C(NC(=O)CCCCCCOCCNC(=O)c2ccc3c(c2)c2cn(C)nc2n3-c2ccc(C(F)(F)F)cc2)C(C)(C)C)cc1. The molecule has 14 nitrogen and oxygen atoms in total. The third kappa shape index (κ3) is 11.7. The number of aliphatic hydroxyl groups excluding tert-OH is 1. The number of ether oxygens (including phenoxy) is 1. The van der Waals surface area contributed by atoms with E-state index in [0.717, 1.165) is 63.9 Å². The third-order valence-electron chi connectivity index (χ3n) is 11.9. The van der Waals surface area contributed by atoms with Gasteiger partial charge in [0.2, 0.25) is 17.7 Å². The highest BCUT2D eigenvalue weighted by molar-refractivity contribution is 7.13. The van der Waals surface area contributed by atoms with E-state index in [0.29, 0.717) is 42.0 Å². The molecule has 4 N–H and O–H groups in total. The molecule has 3 aromatic carbocycles. The van der Waals surface area contributed by atoms with Crippen molar-refractivity contribution in [1.29, 1.82) is 0 Å². The third-order valence-corrected chi connectivity index (χ3v) is 12.9. The van der Waals surface area contributed by atoms with Gasteiger partial charge in [-0.1, -0.05) is 57.9 Å². The average molecular weight is 943 g/mol. The zero-order valence-corrected chi connectivity index (χ0v) is 39.1. The van der Waals surface area contributed by atoms with Crippen molar-refractivity contribution in [3.63, 3.8) is 0 Å². The molecule has 0 saturated carbocycles.